The third kappa shape index (κ3) is 3.92. The second-order valence-electron chi connectivity index (χ2n) is 3.24. The lowest BCUT2D eigenvalue weighted by Crippen LogP contribution is -2.05. The highest BCUT2D eigenvalue weighted by molar-refractivity contribution is 8.00. The number of carbonyl (C=O) groups excluding carboxylic acids is 1. The Morgan fingerprint density at radius 1 is 1.41 bits per heavy atom. The fourth-order valence-electron chi connectivity index (χ4n) is 1.38. The Morgan fingerprint density at radius 2 is 2.06 bits per heavy atom. The highest BCUT2D eigenvalue weighted by Gasteiger charge is 2.31. The first-order valence-electron chi connectivity index (χ1n) is 4.85. The summed E-state index contributed by atoms with van der Waals surface area (Å²) in [6.45, 7) is 1.66. The summed E-state index contributed by atoms with van der Waals surface area (Å²) in [5, 5.41) is 0. The maximum atomic E-state index is 12.3. The quantitative estimate of drug-likeness (QED) is 0.455. The predicted octanol–water partition coefficient (Wildman–Crippen LogP) is 4.63. The molecule has 0 bridgehead atoms. The molecule has 0 aliphatic rings. The van der Waals surface area contributed by atoms with Crippen molar-refractivity contribution in [1.29, 1.82) is 0 Å². The highest BCUT2D eigenvalue weighted by atomic mass is 35.5. The Bertz CT molecular complexity index is 418. The van der Waals surface area contributed by atoms with E-state index < -0.39 is 5.51 Å². The van der Waals surface area contributed by atoms with Crippen molar-refractivity contribution in [3.05, 3.63) is 29.3 Å². The summed E-state index contributed by atoms with van der Waals surface area (Å²) in [6, 6.07) is 4.26. The molecule has 1 aromatic rings. The van der Waals surface area contributed by atoms with Gasteiger partial charge in [0, 0.05) is 22.8 Å². The Hall–Kier alpha value is -0.680. The molecule has 0 unspecified atom stereocenters. The zero-order valence-electron chi connectivity index (χ0n) is 8.97. The second kappa shape index (κ2) is 5.78. The van der Waals surface area contributed by atoms with E-state index in [1.165, 1.54) is 18.2 Å². The van der Waals surface area contributed by atoms with Gasteiger partial charge in [0.25, 0.3) is 0 Å². The van der Waals surface area contributed by atoms with E-state index in [0.29, 0.717) is 0 Å². The van der Waals surface area contributed by atoms with Gasteiger partial charge in [0.15, 0.2) is 5.78 Å². The molecule has 0 aliphatic carbocycles. The van der Waals surface area contributed by atoms with Crippen LogP contribution in [0.5, 0.6) is 0 Å². The lowest BCUT2D eigenvalue weighted by atomic mass is 10.0. The Balaban J connectivity index is 3.19. The fourth-order valence-corrected chi connectivity index (χ4v) is 2.44. The van der Waals surface area contributed by atoms with E-state index in [2.05, 4.69) is 0 Å². The van der Waals surface area contributed by atoms with Crippen molar-refractivity contribution in [1.82, 2.24) is 0 Å². The first-order chi connectivity index (χ1) is 7.89. The second-order valence-corrected chi connectivity index (χ2v) is 4.61. The summed E-state index contributed by atoms with van der Waals surface area (Å²) in [7, 11) is 0. The smallest absolute Gasteiger partial charge is 0.294 e. The average Bonchev–Trinajstić information content (AvgIpc) is 2.25. The SMILES string of the molecule is CCC(=O)c1cccc(SC(F)(F)F)c1CCl. The third-order valence-electron chi connectivity index (χ3n) is 2.11. The Labute approximate surface area is 106 Å². The molecular formula is C11H10ClF3OS. The standard InChI is InChI=1S/C11H10ClF3OS/c1-2-9(16)7-4-3-5-10(8(7)6-12)17-11(13,14)15/h3-5H,2,6H2,1H3. The minimum atomic E-state index is -4.38. The molecular weight excluding hydrogens is 273 g/mol. The monoisotopic (exact) mass is 282 g/mol. The molecule has 6 heteroatoms. The van der Waals surface area contributed by atoms with Crippen molar-refractivity contribution in [2.75, 3.05) is 0 Å². The topological polar surface area (TPSA) is 17.1 Å². The number of thioether (sulfide) groups is 1. The molecule has 0 saturated heterocycles. The van der Waals surface area contributed by atoms with Gasteiger partial charge in [-0.2, -0.15) is 13.2 Å². The van der Waals surface area contributed by atoms with Gasteiger partial charge in [-0.15, -0.1) is 11.6 Å². The molecule has 0 aliphatic heterocycles. The van der Waals surface area contributed by atoms with Gasteiger partial charge in [0.1, 0.15) is 0 Å². The number of Topliss-reactive ketones (excluding diaryl/α,β-unsaturated/α-hetero) is 1. The van der Waals surface area contributed by atoms with Crippen LogP contribution in [-0.2, 0) is 5.88 Å². The van der Waals surface area contributed by atoms with Crippen LogP contribution in [0.3, 0.4) is 0 Å². The van der Waals surface area contributed by atoms with Crippen molar-refractivity contribution in [2.24, 2.45) is 0 Å². The summed E-state index contributed by atoms with van der Waals surface area (Å²) in [4.78, 5) is 11.6. The van der Waals surface area contributed by atoms with Crippen LogP contribution in [0.1, 0.15) is 29.3 Å². The van der Waals surface area contributed by atoms with Gasteiger partial charge < -0.3 is 0 Å². The van der Waals surface area contributed by atoms with Crippen molar-refractivity contribution in [3.8, 4) is 0 Å². The maximum Gasteiger partial charge on any atom is 0.446 e. The molecule has 1 nitrogen and oxygen atoms in total. The molecule has 0 aromatic heterocycles. The van der Waals surface area contributed by atoms with Crippen LogP contribution in [0.2, 0.25) is 0 Å². The van der Waals surface area contributed by atoms with Crippen molar-refractivity contribution >= 4 is 29.1 Å². The summed E-state index contributed by atoms with van der Waals surface area (Å²) >= 11 is 5.39. The molecule has 0 saturated carbocycles. The van der Waals surface area contributed by atoms with E-state index in [4.69, 9.17) is 11.6 Å². The van der Waals surface area contributed by atoms with Crippen LogP contribution in [0, 0.1) is 0 Å². The fraction of sp³-hybridized carbons (Fsp3) is 0.364. The van der Waals surface area contributed by atoms with Crippen LogP contribution in [0.25, 0.3) is 0 Å². The lowest BCUT2D eigenvalue weighted by Gasteiger charge is -2.12. The van der Waals surface area contributed by atoms with E-state index in [0.717, 1.165) is 0 Å². The number of hydrogen-bond acceptors (Lipinski definition) is 2. The number of alkyl halides is 4. The lowest BCUT2D eigenvalue weighted by molar-refractivity contribution is -0.0328. The van der Waals surface area contributed by atoms with Gasteiger partial charge in [-0.1, -0.05) is 19.1 Å². The van der Waals surface area contributed by atoms with Gasteiger partial charge in [0.2, 0.25) is 0 Å². The van der Waals surface area contributed by atoms with Crippen LogP contribution in [-0.4, -0.2) is 11.3 Å². The van der Waals surface area contributed by atoms with E-state index in [1.807, 2.05) is 0 Å². The first kappa shape index (κ1) is 14.4. The van der Waals surface area contributed by atoms with Gasteiger partial charge >= 0.3 is 5.51 Å². The van der Waals surface area contributed by atoms with E-state index in [9.17, 15) is 18.0 Å². The molecule has 0 fully saturated rings. The molecule has 0 N–H and O–H groups in total. The minimum Gasteiger partial charge on any atom is -0.294 e. The van der Waals surface area contributed by atoms with Gasteiger partial charge in [-0.05, 0) is 23.4 Å². The Morgan fingerprint density at radius 3 is 2.53 bits per heavy atom. The number of benzene rings is 1. The van der Waals surface area contributed by atoms with Crippen LogP contribution >= 0.6 is 23.4 Å². The highest BCUT2D eigenvalue weighted by Crippen LogP contribution is 2.39. The van der Waals surface area contributed by atoms with Gasteiger partial charge in [-0.25, -0.2) is 0 Å². The molecule has 17 heavy (non-hydrogen) atoms. The molecule has 1 rings (SSSR count). The van der Waals surface area contributed by atoms with E-state index in [1.54, 1.807) is 6.92 Å². The molecule has 0 spiro atoms. The summed E-state index contributed by atoms with van der Waals surface area (Å²) in [5.74, 6) is -0.314. The molecule has 0 amide bonds. The average molecular weight is 283 g/mol. The van der Waals surface area contributed by atoms with Crippen LogP contribution in [0.4, 0.5) is 13.2 Å². The zero-order valence-corrected chi connectivity index (χ0v) is 10.5. The van der Waals surface area contributed by atoms with E-state index in [-0.39, 0.29) is 45.9 Å². The largest absolute Gasteiger partial charge is 0.446 e. The minimum absolute atomic E-state index is 0.00759. The van der Waals surface area contributed by atoms with Crippen molar-refractivity contribution < 1.29 is 18.0 Å². The molecule has 1 aromatic carbocycles. The van der Waals surface area contributed by atoms with Crippen molar-refractivity contribution in [2.45, 2.75) is 29.6 Å². The third-order valence-corrected chi connectivity index (χ3v) is 3.21. The van der Waals surface area contributed by atoms with Gasteiger partial charge in [0.05, 0.1) is 0 Å². The number of halogens is 4. The van der Waals surface area contributed by atoms with Crippen LogP contribution < -0.4 is 0 Å². The summed E-state index contributed by atoms with van der Waals surface area (Å²) in [6.07, 6.45) is 0.240. The number of carbonyl (C=O) groups is 1. The predicted molar refractivity (Wildman–Crippen MR) is 62.5 cm³/mol. The maximum absolute atomic E-state index is 12.3. The molecule has 0 atom stereocenters. The Kier molecular flexibility index (Phi) is 4.89. The van der Waals surface area contributed by atoms with Gasteiger partial charge in [-0.3, -0.25) is 4.79 Å². The zero-order chi connectivity index (χ0) is 13.1. The van der Waals surface area contributed by atoms with Crippen LogP contribution in [0.15, 0.2) is 23.1 Å². The summed E-state index contributed by atoms with van der Waals surface area (Å²) in [5.41, 5.74) is -3.85. The number of hydrogen-bond donors (Lipinski definition) is 0. The first-order valence-corrected chi connectivity index (χ1v) is 6.21. The molecule has 94 valence electrons. The van der Waals surface area contributed by atoms with E-state index >= 15 is 0 Å². The number of ketones is 1. The molecule has 0 radical (unpaired) electrons. The normalized spacial score (nSPS) is 11.6. The number of rotatable bonds is 4. The summed E-state index contributed by atoms with van der Waals surface area (Å²) < 4.78 is 36.9. The molecule has 0 heterocycles. The van der Waals surface area contributed by atoms with Crippen molar-refractivity contribution in [3.63, 3.8) is 0 Å².